The van der Waals surface area contributed by atoms with Crippen LogP contribution in [-0.4, -0.2) is 34.8 Å². The second-order valence-corrected chi connectivity index (χ2v) is 4.20. The molecule has 1 aromatic carbocycles. The van der Waals surface area contributed by atoms with Crippen LogP contribution in [0.3, 0.4) is 0 Å². The zero-order valence-corrected chi connectivity index (χ0v) is 9.96. The summed E-state index contributed by atoms with van der Waals surface area (Å²) >= 11 is 0. The Hall–Kier alpha value is -1.88. The number of anilines is 2. The van der Waals surface area contributed by atoms with Crippen LogP contribution in [0.4, 0.5) is 11.5 Å². The number of benzene rings is 1. The highest BCUT2D eigenvalue weighted by Crippen LogP contribution is 2.23. The van der Waals surface area contributed by atoms with Crippen LogP contribution in [0.1, 0.15) is 6.92 Å². The van der Waals surface area contributed by atoms with E-state index in [1.54, 1.807) is 6.92 Å². The highest BCUT2D eigenvalue weighted by atomic mass is 16.3. The Morgan fingerprint density at radius 1 is 1.41 bits per heavy atom. The van der Waals surface area contributed by atoms with Crippen molar-refractivity contribution in [2.45, 2.75) is 13.0 Å². The Morgan fingerprint density at radius 2 is 2.18 bits per heavy atom. The molecule has 1 heterocycles. The van der Waals surface area contributed by atoms with E-state index in [1.807, 2.05) is 30.1 Å². The first-order valence-corrected chi connectivity index (χ1v) is 5.47. The minimum Gasteiger partial charge on any atom is -0.399 e. The van der Waals surface area contributed by atoms with Gasteiger partial charge in [0.2, 0.25) is 0 Å². The number of likely N-dealkylation sites (N-methyl/N-ethyl adjacent to an activating group) is 1. The molecule has 0 aliphatic heterocycles. The average Bonchev–Trinajstić information content (AvgIpc) is 2.27. The first-order valence-electron chi connectivity index (χ1n) is 5.47. The Morgan fingerprint density at radius 3 is 2.88 bits per heavy atom. The molecule has 90 valence electrons. The molecule has 0 amide bonds. The molecule has 0 radical (unpaired) electrons. The monoisotopic (exact) mass is 232 g/mol. The van der Waals surface area contributed by atoms with Gasteiger partial charge in [-0.15, -0.1) is 0 Å². The summed E-state index contributed by atoms with van der Waals surface area (Å²) in [6.45, 7) is 2.26. The maximum Gasteiger partial charge on any atom is 0.139 e. The summed E-state index contributed by atoms with van der Waals surface area (Å²) in [6.07, 6.45) is 1.11. The van der Waals surface area contributed by atoms with Crippen LogP contribution in [0, 0.1) is 0 Å². The molecular weight excluding hydrogens is 216 g/mol. The molecule has 1 atom stereocenters. The Bertz CT molecular complexity index is 527. The van der Waals surface area contributed by atoms with E-state index in [0.717, 1.165) is 16.7 Å². The molecule has 5 heteroatoms. The van der Waals surface area contributed by atoms with E-state index >= 15 is 0 Å². The standard InChI is InChI=1S/C12H16N4O/c1-8(17)6-16(2)12-10-5-9(13)3-4-11(10)14-7-15-12/h3-5,7-8,17H,6,13H2,1-2H3. The fourth-order valence-electron chi connectivity index (χ4n) is 1.85. The third-order valence-corrected chi connectivity index (χ3v) is 2.54. The first kappa shape index (κ1) is 11.6. The summed E-state index contributed by atoms with van der Waals surface area (Å²) in [5, 5.41) is 10.3. The van der Waals surface area contributed by atoms with Crippen LogP contribution in [0.25, 0.3) is 10.9 Å². The number of aromatic nitrogens is 2. The molecule has 5 nitrogen and oxygen atoms in total. The number of aliphatic hydroxyl groups excluding tert-OH is 1. The third kappa shape index (κ3) is 2.45. The fourth-order valence-corrected chi connectivity index (χ4v) is 1.85. The molecule has 17 heavy (non-hydrogen) atoms. The lowest BCUT2D eigenvalue weighted by molar-refractivity contribution is 0.201. The number of aliphatic hydroxyl groups is 1. The number of nitrogens with zero attached hydrogens (tertiary/aromatic N) is 3. The van der Waals surface area contributed by atoms with Crippen molar-refractivity contribution in [2.75, 3.05) is 24.2 Å². The maximum absolute atomic E-state index is 9.40. The van der Waals surface area contributed by atoms with Gasteiger partial charge in [0.15, 0.2) is 0 Å². The molecule has 0 saturated carbocycles. The van der Waals surface area contributed by atoms with Crippen LogP contribution in [-0.2, 0) is 0 Å². The van der Waals surface area contributed by atoms with Crippen molar-refractivity contribution in [3.8, 4) is 0 Å². The van der Waals surface area contributed by atoms with Crippen molar-refractivity contribution < 1.29 is 5.11 Å². The summed E-state index contributed by atoms with van der Waals surface area (Å²) in [5.74, 6) is 0.781. The molecule has 2 aromatic rings. The van der Waals surface area contributed by atoms with Gasteiger partial charge in [-0.2, -0.15) is 0 Å². The van der Waals surface area contributed by atoms with E-state index in [4.69, 9.17) is 5.73 Å². The zero-order valence-electron chi connectivity index (χ0n) is 9.96. The average molecular weight is 232 g/mol. The van der Waals surface area contributed by atoms with Gasteiger partial charge in [-0.1, -0.05) is 0 Å². The van der Waals surface area contributed by atoms with Crippen LogP contribution in [0.5, 0.6) is 0 Å². The molecule has 1 unspecified atom stereocenters. The number of nitrogens with two attached hydrogens (primary N) is 1. The van der Waals surface area contributed by atoms with Crippen molar-refractivity contribution in [2.24, 2.45) is 0 Å². The van der Waals surface area contributed by atoms with Crippen molar-refractivity contribution in [1.82, 2.24) is 9.97 Å². The van der Waals surface area contributed by atoms with Crippen molar-refractivity contribution in [3.63, 3.8) is 0 Å². The van der Waals surface area contributed by atoms with Crippen LogP contribution < -0.4 is 10.6 Å². The molecule has 0 aliphatic rings. The van der Waals surface area contributed by atoms with Gasteiger partial charge >= 0.3 is 0 Å². The third-order valence-electron chi connectivity index (χ3n) is 2.54. The lowest BCUT2D eigenvalue weighted by atomic mass is 10.2. The minimum absolute atomic E-state index is 0.411. The highest BCUT2D eigenvalue weighted by Gasteiger charge is 2.10. The first-order chi connectivity index (χ1) is 8.08. The fraction of sp³-hybridized carbons (Fsp3) is 0.333. The summed E-state index contributed by atoms with van der Waals surface area (Å²) in [4.78, 5) is 10.3. The smallest absolute Gasteiger partial charge is 0.139 e. The highest BCUT2D eigenvalue weighted by molar-refractivity contribution is 5.91. The van der Waals surface area contributed by atoms with E-state index in [0.29, 0.717) is 12.2 Å². The van der Waals surface area contributed by atoms with E-state index in [2.05, 4.69) is 9.97 Å². The van der Waals surface area contributed by atoms with Gasteiger partial charge in [0.25, 0.3) is 0 Å². The Kier molecular flexibility index (Phi) is 3.10. The van der Waals surface area contributed by atoms with Crippen molar-refractivity contribution in [1.29, 1.82) is 0 Å². The lowest BCUT2D eigenvalue weighted by Gasteiger charge is -2.21. The Labute approximate surface area is 99.9 Å². The molecule has 0 fully saturated rings. The second-order valence-electron chi connectivity index (χ2n) is 4.20. The molecule has 0 spiro atoms. The van der Waals surface area contributed by atoms with Crippen molar-refractivity contribution >= 4 is 22.4 Å². The second kappa shape index (κ2) is 4.55. The van der Waals surface area contributed by atoms with E-state index in [9.17, 15) is 5.11 Å². The van der Waals surface area contributed by atoms with Gasteiger partial charge in [-0.3, -0.25) is 0 Å². The molecule has 1 aromatic heterocycles. The lowest BCUT2D eigenvalue weighted by Crippen LogP contribution is -2.27. The number of hydrogen-bond acceptors (Lipinski definition) is 5. The van der Waals surface area contributed by atoms with E-state index in [1.165, 1.54) is 6.33 Å². The molecular formula is C12H16N4O. The summed E-state index contributed by atoms with van der Waals surface area (Å²) in [5.41, 5.74) is 7.30. The van der Waals surface area contributed by atoms with Gasteiger partial charge in [0, 0.05) is 24.7 Å². The van der Waals surface area contributed by atoms with Crippen molar-refractivity contribution in [3.05, 3.63) is 24.5 Å². The summed E-state index contributed by atoms with van der Waals surface area (Å²) < 4.78 is 0. The quantitative estimate of drug-likeness (QED) is 0.773. The summed E-state index contributed by atoms with van der Waals surface area (Å²) in [7, 11) is 1.89. The number of fused-ring (bicyclic) bond motifs is 1. The predicted molar refractivity (Wildman–Crippen MR) is 68.9 cm³/mol. The maximum atomic E-state index is 9.40. The molecule has 2 rings (SSSR count). The molecule has 0 aliphatic carbocycles. The Balaban J connectivity index is 2.49. The molecule has 0 bridgehead atoms. The number of hydrogen-bond donors (Lipinski definition) is 2. The van der Waals surface area contributed by atoms with Gasteiger partial charge in [0.05, 0.1) is 11.6 Å². The number of nitrogen functional groups attached to an aromatic ring is 1. The summed E-state index contributed by atoms with van der Waals surface area (Å²) in [6, 6.07) is 5.53. The zero-order chi connectivity index (χ0) is 12.4. The van der Waals surface area contributed by atoms with E-state index in [-0.39, 0.29) is 0 Å². The van der Waals surface area contributed by atoms with Gasteiger partial charge in [0.1, 0.15) is 12.1 Å². The van der Waals surface area contributed by atoms with Crippen LogP contribution >= 0.6 is 0 Å². The number of rotatable bonds is 3. The van der Waals surface area contributed by atoms with Crippen LogP contribution in [0.2, 0.25) is 0 Å². The van der Waals surface area contributed by atoms with Gasteiger partial charge in [-0.25, -0.2) is 9.97 Å². The predicted octanol–water partition coefficient (Wildman–Crippen LogP) is 1.03. The van der Waals surface area contributed by atoms with Gasteiger partial charge < -0.3 is 15.7 Å². The van der Waals surface area contributed by atoms with Gasteiger partial charge in [-0.05, 0) is 25.1 Å². The molecule has 3 N–H and O–H groups in total. The minimum atomic E-state index is -0.411. The van der Waals surface area contributed by atoms with E-state index < -0.39 is 6.10 Å². The SMILES string of the molecule is CC(O)CN(C)c1ncnc2ccc(N)cc12. The largest absolute Gasteiger partial charge is 0.399 e. The topological polar surface area (TPSA) is 75.3 Å². The normalized spacial score (nSPS) is 12.6. The van der Waals surface area contributed by atoms with Crippen LogP contribution in [0.15, 0.2) is 24.5 Å². The molecule has 0 saturated heterocycles.